The minimum Gasteiger partial charge on any atom is -0.383 e. The van der Waals surface area contributed by atoms with Crippen molar-refractivity contribution in [3.63, 3.8) is 0 Å². The van der Waals surface area contributed by atoms with Crippen molar-refractivity contribution in [1.29, 1.82) is 0 Å². The molecule has 2 atom stereocenters. The van der Waals surface area contributed by atoms with E-state index in [4.69, 9.17) is 11.5 Å². The molecule has 2 aromatic rings. The molecule has 4 nitrogen and oxygen atoms in total. The third-order valence-electron chi connectivity index (χ3n) is 4.53. The van der Waals surface area contributed by atoms with E-state index in [1.54, 1.807) is 0 Å². The molecule has 0 amide bonds. The Morgan fingerprint density at radius 3 is 2.71 bits per heavy atom. The first kappa shape index (κ1) is 14.1. The summed E-state index contributed by atoms with van der Waals surface area (Å²) in [4.78, 5) is 6.70. The number of hydrogen-bond acceptors (Lipinski definition) is 4. The maximum atomic E-state index is 6.20. The Kier molecular flexibility index (Phi) is 3.72. The topological polar surface area (TPSA) is 68.2 Å². The molecule has 21 heavy (non-hydrogen) atoms. The van der Waals surface area contributed by atoms with Crippen molar-refractivity contribution in [2.24, 2.45) is 5.73 Å². The van der Waals surface area contributed by atoms with E-state index in [9.17, 15) is 0 Å². The van der Waals surface area contributed by atoms with Crippen molar-refractivity contribution in [3.05, 3.63) is 29.8 Å². The molecule has 1 aromatic heterocycles. The molecule has 1 aliphatic carbocycles. The predicted molar refractivity (Wildman–Crippen MR) is 89.7 cm³/mol. The molecule has 4 N–H and O–H groups in total. The van der Waals surface area contributed by atoms with Gasteiger partial charge in [0.05, 0.1) is 5.52 Å². The first-order valence-corrected chi connectivity index (χ1v) is 7.67. The van der Waals surface area contributed by atoms with Crippen LogP contribution in [0.25, 0.3) is 10.9 Å². The molecule has 0 bridgehead atoms. The molecule has 4 heteroatoms. The van der Waals surface area contributed by atoms with E-state index in [-0.39, 0.29) is 0 Å². The van der Waals surface area contributed by atoms with Gasteiger partial charge in [0.25, 0.3) is 0 Å². The first-order chi connectivity index (χ1) is 10.0. The number of rotatable bonds is 2. The summed E-state index contributed by atoms with van der Waals surface area (Å²) in [6.45, 7) is 0. The second-order valence-corrected chi connectivity index (χ2v) is 6.36. The third kappa shape index (κ3) is 2.81. The summed E-state index contributed by atoms with van der Waals surface area (Å²) < 4.78 is 0. The van der Waals surface area contributed by atoms with E-state index >= 15 is 0 Å². The SMILES string of the molecule is CN(C)c1ccc2nc(N)c(C3CCCC(N)C3)cc2c1. The predicted octanol–water partition coefficient (Wildman–Crippen LogP) is 2.87. The van der Waals surface area contributed by atoms with Crippen molar-refractivity contribution in [1.82, 2.24) is 4.98 Å². The summed E-state index contributed by atoms with van der Waals surface area (Å²) >= 11 is 0. The second-order valence-electron chi connectivity index (χ2n) is 6.36. The summed E-state index contributed by atoms with van der Waals surface area (Å²) in [6, 6.07) is 8.80. The minimum atomic E-state index is 0.298. The lowest BCUT2D eigenvalue weighted by Crippen LogP contribution is -2.27. The van der Waals surface area contributed by atoms with E-state index in [1.807, 2.05) is 20.2 Å². The molecule has 1 aliphatic rings. The van der Waals surface area contributed by atoms with Crippen LogP contribution >= 0.6 is 0 Å². The number of anilines is 2. The first-order valence-electron chi connectivity index (χ1n) is 7.67. The normalized spacial score (nSPS) is 22.4. The number of nitrogen functional groups attached to an aromatic ring is 1. The smallest absolute Gasteiger partial charge is 0.127 e. The number of fused-ring (bicyclic) bond motifs is 1. The fraction of sp³-hybridized carbons (Fsp3) is 0.471. The van der Waals surface area contributed by atoms with Crippen molar-refractivity contribution < 1.29 is 0 Å². The molecule has 0 aliphatic heterocycles. The zero-order valence-corrected chi connectivity index (χ0v) is 12.8. The summed E-state index contributed by atoms with van der Waals surface area (Å²) in [5.41, 5.74) is 15.6. The highest BCUT2D eigenvalue weighted by Gasteiger charge is 2.23. The highest BCUT2D eigenvalue weighted by atomic mass is 15.1. The third-order valence-corrected chi connectivity index (χ3v) is 4.53. The largest absolute Gasteiger partial charge is 0.383 e. The van der Waals surface area contributed by atoms with E-state index in [2.05, 4.69) is 28.1 Å². The highest BCUT2D eigenvalue weighted by molar-refractivity contribution is 5.85. The van der Waals surface area contributed by atoms with Crippen LogP contribution in [0.5, 0.6) is 0 Å². The number of nitrogens with zero attached hydrogens (tertiary/aromatic N) is 2. The fourth-order valence-electron chi connectivity index (χ4n) is 3.31. The lowest BCUT2D eigenvalue weighted by atomic mass is 9.81. The van der Waals surface area contributed by atoms with Gasteiger partial charge in [0.15, 0.2) is 0 Å². The second kappa shape index (κ2) is 5.53. The molecule has 1 aromatic carbocycles. The molecular formula is C17H24N4. The van der Waals surface area contributed by atoms with E-state index in [1.165, 1.54) is 24.1 Å². The van der Waals surface area contributed by atoms with Gasteiger partial charge in [-0.25, -0.2) is 4.98 Å². The Labute approximate surface area is 126 Å². The number of hydrogen-bond donors (Lipinski definition) is 2. The van der Waals surface area contributed by atoms with Crippen LogP contribution in [0.3, 0.4) is 0 Å². The molecule has 0 radical (unpaired) electrons. The van der Waals surface area contributed by atoms with Crippen molar-refractivity contribution >= 4 is 22.4 Å². The van der Waals surface area contributed by atoms with Gasteiger partial charge in [-0.05, 0) is 55.0 Å². The Bertz CT molecular complexity index is 651. The number of aromatic nitrogens is 1. The number of benzene rings is 1. The summed E-state index contributed by atoms with van der Waals surface area (Å²) in [7, 11) is 4.10. The van der Waals surface area contributed by atoms with Crippen LogP contribution in [-0.4, -0.2) is 25.1 Å². The van der Waals surface area contributed by atoms with Gasteiger partial charge >= 0.3 is 0 Å². The van der Waals surface area contributed by atoms with Gasteiger partial charge in [-0.2, -0.15) is 0 Å². The lowest BCUT2D eigenvalue weighted by molar-refractivity contribution is 0.394. The molecular weight excluding hydrogens is 260 g/mol. The lowest BCUT2D eigenvalue weighted by Gasteiger charge is -2.27. The van der Waals surface area contributed by atoms with Crippen LogP contribution in [0.1, 0.15) is 37.2 Å². The van der Waals surface area contributed by atoms with Gasteiger partial charge in [-0.1, -0.05) is 6.42 Å². The minimum absolute atomic E-state index is 0.298. The summed E-state index contributed by atoms with van der Waals surface area (Å²) in [6.07, 6.45) is 4.49. The zero-order valence-electron chi connectivity index (χ0n) is 12.8. The van der Waals surface area contributed by atoms with Gasteiger partial charge in [0, 0.05) is 31.2 Å². The Morgan fingerprint density at radius 1 is 1.19 bits per heavy atom. The standard InChI is InChI=1S/C17H24N4/c1-21(2)14-6-7-16-12(9-14)10-15(17(19)20-16)11-4-3-5-13(18)8-11/h6-7,9-11,13H,3-5,8,18H2,1-2H3,(H2,19,20). The van der Waals surface area contributed by atoms with Crippen molar-refractivity contribution in [3.8, 4) is 0 Å². The Morgan fingerprint density at radius 2 is 2.00 bits per heavy atom. The summed E-state index contributed by atoms with van der Waals surface area (Å²) in [5, 5.41) is 1.16. The molecule has 3 rings (SSSR count). The van der Waals surface area contributed by atoms with Crippen LogP contribution < -0.4 is 16.4 Å². The van der Waals surface area contributed by atoms with Gasteiger partial charge in [-0.3, -0.25) is 0 Å². The highest BCUT2D eigenvalue weighted by Crippen LogP contribution is 2.36. The van der Waals surface area contributed by atoms with Crippen molar-refractivity contribution in [2.45, 2.75) is 37.6 Å². The summed E-state index contributed by atoms with van der Waals surface area (Å²) in [5.74, 6) is 1.12. The Hall–Kier alpha value is -1.81. The molecule has 1 heterocycles. The van der Waals surface area contributed by atoms with E-state index in [0.29, 0.717) is 17.8 Å². The maximum absolute atomic E-state index is 6.20. The van der Waals surface area contributed by atoms with Crippen LogP contribution in [0.15, 0.2) is 24.3 Å². The maximum Gasteiger partial charge on any atom is 0.127 e. The van der Waals surface area contributed by atoms with Gasteiger partial charge in [0.1, 0.15) is 5.82 Å². The average Bonchev–Trinajstić information content (AvgIpc) is 2.46. The van der Waals surface area contributed by atoms with Gasteiger partial charge in [-0.15, -0.1) is 0 Å². The Balaban J connectivity index is 2.03. The molecule has 2 unspecified atom stereocenters. The molecule has 0 spiro atoms. The zero-order chi connectivity index (χ0) is 15.0. The van der Waals surface area contributed by atoms with E-state index in [0.717, 1.165) is 23.7 Å². The molecule has 1 saturated carbocycles. The average molecular weight is 284 g/mol. The van der Waals surface area contributed by atoms with E-state index < -0.39 is 0 Å². The number of nitrogens with two attached hydrogens (primary N) is 2. The van der Waals surface area contributed by atoms with Gasteiger partial charge in [0.2, 0.25) is 0 Å². The monoisotopic (exact) mass is 284 g/mol. The fourth-order valence-corrected chi connectivity index (χ4v) is 3.31. The van der Waals surface area contributed by atoms with Crippen LogP contribution in [-0.2, 0) is 0 Å². The quantitative estimate of drug-likeness (QED) is 0.889. The van der Waals surface area contributed by atoms with Crippen molar-refractivity contribution in [2.75, 3.05) is 24.7 Å². The molecule has 112 valence electrons. The number of pyridine rings is 1. The van der Waals surface area contributed by atoms with Crippen LogP contribution in [0.4, 0.5) is 11.5 Å². The molecule has 1 fully saturated rings. The molecule has 0 saturated heterocycles. The van der Waals surface area contributed by atoms with Gasteiger partial charge < -0.3 is 16.4 Å². The van der Waals surface area contributed by atoms with Crippen LogP contribution in [0.2, 0.25) is 0 Å². The van der Waals surface area contributed by atoms with Crippen LogP contribution in [0, 0.1) is 0 Å².